The second kappa shape index (κ2) is 7.35. The van der Waals surface area contributed by atoms with Crippen molar-refractivity contribution in [2.45, 2.75) is 17.7 Å². The summed E-state index contributed by atoms with van der Waals surface area (Å²) in [4.78, 5) is 25.1. The largest absolute Gasteiger partial charge is 0.322 e. The number of carbonyl (C=O) groups excluding carboxylic acids is 1. The maximum Gasteiger partial charge on any atom is 0.262 e. The molecule has 1 aliphatic rings. The summed E-state index contributed by atoms with van der Waals surface area (Å²) < 4.78 is 27.5. The molecule has 0 unspecified atom stereocenters. The molecule has 2 aromatic carbocycles. The van der Waals surface area contributed by atoms with E-state index in [0.29, 0.717) is 41.1 Å². The number of aromatic nitrogens is 2. The van der Waals surface area contributed by atoms with Gasteiger partial charge in [-0.25, -0.2) is 8.42 Å². The number of aliphatic imine (C=N–C) groups is 1. The van der Waals surface area contributed by atoms with Gasteiger partial charge in [0.05, 0.1) is 15.9 Å². The summed E-state index contributed by atoms with van der Waals surface area (Å²) >= 11 is 0. The van der Waals surface area contributed by atoms with E-state index in [1.54, 1.807) is 42.7 Å². The Morgan fingerprint density at radius 3 is 2.61 bits per heavy atom. The minimum atomic E-state index is -3.75. The van der Waals surface area contributed by atoms with Gasteiger partial charge < -0.3 is 5.32 Å². The molecule has 2 heterocycles. The molecular formula is C19H17N5O3S. The van der Waals surface area contributed by atoms with E-state index in [-0.39, 0.29) is 10.8 Å². The maximum atomic E-state index is 12.6. The molecule has 2 N–H and O–H groups in total. The Morgan fingerprint density at radius 2 is 1.82 bits per heavy atom. The van der Waals surface area contributed by atoms with E-state index in [0.717, 1.165) is 6.42 Å². The summed E-state index contributed by atoms with van der Waals surface area (Å²) in [6.07, 6.45) is 4.59. The average molecular weight is 395 g/mol. The van der Waals surface area contributed by atoms with Gasteiger partial charge in [-0.15, -0.1) is 0 Å². The van der Waals surface area contributed by atoms with Crippen molar-refractivity contribution >= 4 is 38.5 Å². The number of carbonyl (C=O) groups is 1. The summed E-state index contributed by atoms with van der Waals surface area (Å²) in [7, 11) is -3.75. The number of nitrogens with zero attached hydrogens (tertiary/aromatic N) is 3. The monoisotopic (exact) mass is 395 g/mol. The van der Waals surface area contributed by atoms with Crippen LogP contribution in [0.2, 0.25) is 0 Å². The van der Waals surface area contributed by atoms with Crippen molar-refractivity contribution in [3.05, 3.63) is 60.4 Å². The quantitative estimate of drug-likeness (QED) is 0.704. The lowest BCUT2D eigenvalue weighted by Gasteiger charge is -2.10. The van der Waals surface area contributed by atoms with Crippen molar-refractivity contribution in [3.8, 4) is 0 Å². The summed E-state index contributed by atoms with van der Waals surface area (Å²) in [6, 6.07) is 11.1. The molecule has 142 valence electrons. The lowest BCUT2D eigenvalue weighted by molar-refractivity contribution is 0.102. The zero-order chi connectivity index (χ0) is 19.6. The van der Waals surface area contributed by atoms with Gasteiger partial charge in [0.25, 0.3) is 15.9 Å². The zero-order valence-corrected chi connectivity index (χ0v) is 15.6. The van der Waals surface area contributed by atoms with Crippen LogP contribution in [0.5, 0.6) is 0 Å². The number of sulfonamides is 1. The molecule has 0 spiro atoms. The average Bonchev–Trinajstić information content (AvgIpc) is 3.20. The van der Waals surface area contributed by atoms with E-state index in [1.165, 1.54) is 12.1 Å². The third kappa shape index (κ3) is 3.84. The van der Waals surface area contributed by atoms with Crippen LogP contribution in [0.15, 0.2) is 64.7 Å². The van der Waals surface area contributed by atoms with Gasteiger partial charge >= 0.3 is 0 Å². The predicted molar refractivity (Wildman–Crippen MR) is 106 cm³/mol. The van der Waals surface area contributed by atoms with Crippen LogP contribution in [0.25, 0.3) is 11.0 Å². The minimum Gasteiger partial charge on any atom is -0.322 e. The van der Waals surface area contributed by atoms with E-state index < -0.39 is 10.0 Å². The van der Waals surface area contributed by atoms with Gasteiger partial charge in [-0.3, -0.25) is 24.5 Å². The van der Waals surface area contributed by atoms with Gasteiger partial charge in [0, 0.05) is 36.6 Å². The van der Waals surface area contributed by atoms with E-state index in [2.05, 4.69) is 25.0 Å². The molecule has 0 aliphatic carbocycles. The number of amidine groups is 1. The highest BCUT2D eigenvalue weighted by atomic mass is 32.2. The summed E-state index contributed by atoms with van der Waals surface area (Å²) in [5.41, 5.74) is 2.07. The van der Waals surface area contributed by atoms with Crippen molar-refractivity contribution in [3.63, 3.8) is 0 Å². The number of hydrogen-bond acceptors (Lipinski definition) is 6. The van der Waals surface area contributed by atoms with Crippen LogP contribution in [0.1, 0.15) is 23.2 Å². The number of rotatable bonds is 4. The van der Waals surface area contributed by atoms with Gasteiger partial charge in [0.1, 0.15) is 5.84 Å². The Kier molecular flexibility index (Phi) is 4.74. The first-order valence-corrected chi connectivity index (χ1v) is 10.2. The predicted octanol–water partition coefficient (Wildman–Crippen LogP) is 2.35. The second-order valence-corrected chi connectivity index (χ2v) is 7.96. The van der Waals surface area contributed by atoms with Gasteiger partial charge in [0.15, 0.2) is 0 Å². The van der Waals surface area contributed by atoms with E-state index >= 15 is 0 Å². The van der Waals surface area contributed by atoms with E-state index in [4.69, 9.17) is 0 Å². The Labute approximate surface area is 161 Å². The van der Waals surface area contributed by atoms with E-state index in [1.807, 2.05) is 0 Å². The number of anilines is 1. The first-order chi connectivity index (χ1) is 13.5. The number of nitrogens with one attached hydrogen (secondary N) is 2. The molecular weight excluding hydrogens is 378 g/mol. The van der Waals surface area contributed by atoms with Crippen molar-refractivity contribution in [1.82, 2.24) is 14.7 Å². The number of hydrogen-bond donors (Lipinski definition) is 2. The number of fused-ring (bicyclic) bond motifs is 1. The molecule has 4 rings (SSSR count). The van der Waals surface area contributed by atoms with Crippen LogP contribution in [-0.4, -0.2) is 36.7 Å². The normalized spacial score (nSPS) is 13.9. The third-order valence-corrected chi connectivity index (χ3v) is 5.64. The van der Waals surface area contributed by atoms with Crippen LogP contribution >= 0.6 is 0 Å². The highest BCUT2D eigenvalue weighted by Crippen LogP contribution is 2.18. The van der Waals surface area contributed by atoms with Crippen LogP contribution in [0.4, 0.5) is 5.69 Å². The zero-order valence-electron chi connectivity index (χ0n) is 14.8. The first kappa shape index (κ1) is 18.1. The van der Waals surface area contributed by atoms with Crippen LogP contribution in [-0.2, 0) is 10.0 Å². The van der Waals surface area contributed by atoms with Crippen molar-refractivity contribution in [2.75, 3.05) is 11.9 Å². The second-order valence-electron chi connectivity index (χ2n) is 6.28. The Balaban J connectivity index is 1.54. The topological polar surface area (TPSA) is 113 Å². The summed E-state index contributed by atoms with van der Waals surface area (Å²) in [6.45, 7) is 0.629. The Morgan fingerprint density at radius 1 is 1.00 bits per heavy atom. The smallest absolute Gasteiger partial charge is 0.262 e. The molecule has 28 heavy (non-hydrogen) atoms. The van der Waals surface area contributed by atoms with Gasteiger partial charge in [-0.1, -0.05) is 6.07 Å². The van der Waals surface area contributed by atoms with Crippen LogP contribution in [0, 0.1) is 0 Å². The lowest BCUT2D eigenvalue weighted by Crippen LogP contribution is -2.29. The fourth-order valence-electron chi connectivity index (χ4n) is 2.89. The fraction of sp³-hybridized carbons (Fsp3) is 0.158. The van der Waals surface area contributed by atoms with Gasteiger partial charge in [-0.05, 0) is 42.8 Å². The summed E-state index contributed by atoms with van der Waals surface area (Å²) in [5, 5.41) is 2.72. The Hall–Kier alpha value is -3.33. The molecule has 0 radical (unpaired) electrons. The molecule has 0 bridgehead atoms. The van der Waals surface area contributed by atoms with E-state index in [9.17, 15) is 13.2 Å². The molecule has 8 nitrogen and oxygen atoms in total. The third-order valence-electron chi connectivity index (χ3n) is 4.26. The highest BCUT2D eigenvalue weighted by molar-refractivity contribution is 7.90. The molecule has 0 fully saturated rings. The number of benzene rings is 2. The van der Waals surface area contributed by atoms with Crippen molar-refractivity contribution < 1.29 is 13.2 Å². The SMILES string of the molecule is O=C(Nc1cccc(S(=O)(=O)NC2=NCCC2)c1)c1ccc2nccnc2c1. The van der Waals surface area contributed by atoms with Gasteiger partial charge in [0.2, 0.25) is 0 Å². The Bertz CT molecular complexity index is 1190. The van der Waals surface area contributed by atoms with Gasteiger partial charge in [-0.2, -0.15) is 0 Å². The molecule has 0 saturated heterocycles. The molecule has 9 heteroatoms. The summed E-state index contributed by atoms with van der Waals surface area (Å²) in [5.74, 6) is 0.0990. The molecule has 1 amide bonds. The molecule has 3 aromatic rings. The molecule has 0 saturated carbocycles. The van der Waals surface area contributed by atoms with Crippen molar-refractivity contribution in [1.29, 1.82) is 0 Å². The maximum absolute atomic E-state index is 12.6. The van der Waals surface area contributed by atoms with Crippen LogP contribution < -0.4 is 10.0 Å². The van der Waals surface area contributed by atoms with Crippen LogP contribution in [0.3, 0.4) is 0 Å². The minimum absolute atomic E-state index is 0.0595. The fourth-order valence-corrected chi connectivity index (χ4v) is 4.02. The van der Waals surface area contributed by atoms with Crippen molar-refractivity contribution in [2.24, 2.45) is 4.99 Å². The lowest BCUT2D eigenvalue weighted by atomic mass is 10.1. The molecule has 0 atom stereocenters. The molecule has 1 aliphatic heterocycles. The standard InChI is InChI=1S/C19H17N5O3S/c25-19(13-6-7-16-17(11-13)21-10-9-20-16)23-14-3-1-4-15(12-14)28(26,27)24-18-5-2-8-22-18/h1,3-4,6-7,9-12H,2,5,8H2,(H,22,24)(H,23,25). The first-order valence-electron chi connectivity index (χ1n) is 8.70. The molecule has 1 aromatic heterocycles. The highest BCUT2D eigenvalue weighted by Gasteiger charge is 2.19. The number of amides is 1.